The van der Waals surface area contributed by atoms with E-state index in [-0.39, 0.29) is 18.5 Å². The molecule has 0 rings (SSSR count). The van der Waals surface area contributed by atoms with Crippen LogP contribution in [0.25, 0.3) is 0 Å². The largest absolute Gasteiger partial charge is 0.481 e. The van der Waals surface area contributed by atoms with Crippen molar-refractivity contribution in [2.75, 3.05) is 0 Å². The van der Waals surface area contributed by atoms with E-state index in [0.717, 1.165) is 64.2 Å². The normalized spacial score (nSPS) is 12.3. The third-order valence-corrected chi connectivity index (χ3v) is 7.49. The van der Waals surface area contributed by atoms with Crippen molar-refractivity contribution in [2.24, 2.45) is 0 Å². The van der Waals surface area contributed by atoms with E-state index in [4.69, 9.17) is 9.84 Å². The van der Waals surface area contributed by atoms with Crippen LogP contribution in [-0.4, -0.2) is 23.1 Å². The number of rotatable bonds is 30. The molecule has 0 radical (unpaired) electrons. The number of unbranched alkanes of at least 4 members (excludes halogenated alkanes) is 19. The predicted octanol–water partition coefficient (Wildman–Crippen LogP) is 11.1. The van der Waals surface area contributed by atoms with Crippen molar-refractivity contribution in [3.05, 3.63) is 12.2 Å². The number of esters is 1. The monoisotopic (exact) mass is 536 g/mol. The molecule has 0 saturated heterocycles. The minimum Gasteiger partial charge on any atom is -0.481 e. The lowest BCUT2D eigenvalue weighted by molar-refractivity contribution is -0.150. The van der Waals surface area contributed by atoms with E-state index in [0.29, 0.717) is 6.42 Å². The zero-order valence-electron chi connectivity index (χ0n) is 25.5. The van der Waals surface area contributed by atoms with Crippen LogP contribution in [0.4, 0.5) is 0 Å². The van der Waals surface area contributed by atoms with E-state index < -0.39 is 5.97 Å². The Morgan fingerprint density at radius 2 is 0.947 bits per heavy atom. The molecule has 1 atom stereocenters. The van der Waals surface area contributed by atoms with Gasteiger partial charge < -0.3 is 9.84 Å². The zero-order valence-corrected chi connectivity index (χ0v) is 25.5. The number of carboxylic acids is 1. The van der Waals surface area contributed by atoms with Crippen molar-refractivity contribution in [2.45, 2.75) is 193 Å². The molecule has 0 aromatic heterocycles. The van der Waals surface area contributed by atoms with Gasteiger partial charge in [-0.3, -0.25) is 9.59 Å². The lowest BCUT2D eigenvalue weighted by Crippen LogP contribution is -2.18. The molecule has 0 amide bonds. The molecule has 1 N–H and O–H groups in total. The van der Waals surface area contributed by atoms with E-state index in [9.17, 15) is 9.59 Å². The highest BCUT2D eigenvalue weighted by Gasteiger charge is 2.14. The number of ether oxygens (including phenoxy) is 1. The van der Waals surface area contributed by atoms with Gasteiger partial charge in [0.25, 0.3) is 0 Å². The molecular formula is C34H64O4. The van der Waals surface area contributed by atoms with Crippen molar-refractivity contribution in [1.29, 1.82) is 0 Å². The number of carbonyl (C=O) groups excluding carboxylic acids is 1. The van der Waals surface area contributed by atoms with Crippen LogP contribution in [0.2, 0.25) is 0 Å². The number of allylic oxidation sites excluding steroid dienone is 2. The molecule has 224 valence electrons. The van der Waals surface area contributed by atoms with Crippen molar-refractivity contribution in [3.63, 3.8) is 0 Å². The summed E-state index contributed by atoms with van der Waals surface area (Å²) in [5, 5.41) is 8.76. The summed E-state index contributed by atoms with van der Waals surface area (Å²) in [7, 11) is 0. The third-order valence-electron chi connectivity index (χ3n) is 7.49. The first-order valence-electron chi connectivity index (χ1n) is 16.7. The van der Waals surface area contributed by atoms with Crippen LogP contribution in [0, 0.1) is 0 Å². The van der Waals surface area contributed by atoms with Crippen LogP contribution >= 0.6 is 0 Å². The van der Waals surface area contributed by atoms with E-state index in [1.807, 2.05) is 0 Å². The lowest BCUT2D eigenvalue weighted by Gasteiger charge is -2.18. The molecule has 0 aliphatic rings. The van der Waals surface area contributed by atoms with Crippen LogP contribution < -0.4 is 0 Å². The summed E-state index contributed by atoms with van der Waals surface area (Å²) in [6.45, 7) is 4.51. The summed E-state index contributed by atoms with van der Waals surface area (Å²) in [6, 6.07) is 0. The fourth-order valence-electron chi connectivity index (χ4n) is 5.00. The predicted molar refractivity (Wildman–Crippen MR) is 163 cm³/mol. The smallest absolute Gasteiger partial charge is 0.306 e. The van der Waals surface area contributed by atoms with E-state index >= 15 is 0 Å². The number of hydrogen-bond donors (Lipinski definition) is 1. The van der Waals surface area contributed by atoms with Crippen LogP contribution in [0.5, 0.6) is 0 Å². The average Bonchev–Trinajstić information content (AvgIpc) is 2.89. The zero-order chi connectivity index (χ0) is 27.9. The maximum absolute atomic E-state index is 12.5. The number of carboxylic acid groups (broad SMARTS) is 1. The summed E-state index contributed by atoms with van der Waals surface area (Å²) >= 11 is 0. The SMILES string of the molecule is CCCCCC/C=C/CCCCCCCC(=O)OC(CCCCCCCCC)CCCCCCCC(=O)O. The van der Waals surface area contributed by atoms with Gasteiger partial charge in [0.1, 0.15) is 6.10 Å². The molecule has 0 aromatic rings. The highest BCUT2D eigenvalue weighted by molar-refractivity contribution is 5.69. The van der Waals surface area contributed by atoms with Gasteiger partial charge in [-0.15, -0.1) is 0 Å². The molecule has 0 bridgehead atoms. The summed E-state index contributed by atoms with van der Waals surface area (Å²) in [6.07, 6.45) is 35.0. The standard InChI is InChI=1S/C34H64O4/c1-3-5-7-9-11-12-13-14-15-16-18-23-27-31-34(37)38-32(28-24-20-17-10-8-6-4-2)29-25-21-19-22-26-30-33(35)36/h12-13,32H,3-11,14-31H2,1-2H3,(H,35,36)/b13-12+. The Labute approximate surface area is 236 Å². The lowest BCUT2D eigenvalue weighted by atomic mass is 10.0. The summed E-state index contributed by atoms with van der Waals surface area (Å²) < 4.78 is 5.94. The first-order valence-corrected chi connectivity index (χ1v) is 16.7. The van der Waals surface area contributed by atoms with Gasteiger partial charge in [-0.05, 0) is 64.2 Å². The van der Waals surface area contributed by atoms with E-state index in [1.54, 1.807) is 0 Å². The number of carbonyl (C=O) groups is 2. The summed E-state index contributed by atoms with van der Waals surface area (Å²) in [5.41, 5.74) is 0. The first-order chi connectivity index (χ1) is 18.6. The Hall–Kier alpha value is -1.32. The Morgan fingerprint density at radius 3 is 1.45 bits per heavy atom. The van der Waals surface area contributed by atoms with Gasteiger partial charge in [0.2, 0.25) is 0 Å². The fraction of sp³-hybridized carbons (Fsp3) is 0.882. The van der Waals surface area contributed by atoms with Gasteiger partial charge in [-0.25, -0.2) is 0 Å². The van der Waals surface area contributed by atoms with Gasteiger partial charge in [0, 0.05) is 12.8 Å². The second kappa shape index (κ2) is 30.2. The van der Waals surface area contributed by atoms with Gasteiger partial charge in [0.15, 0.2) is 0 Å². The van der Waals surface area contributed by atoms with Crippen LogP contribution in [0.15, 0.2) is 12.2 Å². The molecular weight excluding hydrogens is 472 g/mol. The Kier molecular flexibility index (Phi) is 29.2. The maximum Gasteiger partial charge on any atom is 0.306 e. The van der Waals surface area contributed by atoms with Crippen molar-refractivity contribution in [3.8, 4) is 0 Å². The molecule has 38 heavy (non-hydrogen) atoms. The summed E-state index contributed by atoms with van der Waals surface area (Å²) in [4.78, 5) is 23.2. The number of aliphatic carboxylic acids is 1. The van der Waals surface area contributed by atoms with Crippen LogP contribution in [-0.2, 0) is 14.3 Å². The quantitative estimate of drug-likeness (QED) is 0.0563. The minimum absolute atomic E-state index is 0.00888. The van der Waals surface area contributed by atoms with Crippen LogP contribution in [0.3, 0.4) is 0 Å². The second-order valence-corrected chi connectivity index (χ2v) is 11.3. The Bertz CT molecular complexity index is 543. The highest BCUT2D eigenvalue weighted by atomic mass is 16.5. The van der Waals surface area contributed by atoms with Gasteiger partial charge in [-0.1, -0.05) is 122 Å². The molecule has 0 saturated carbocycles. The third kappa shape index (κ3) is 29.2. The molecule has 0 heterocycles. The van der Waals surface area contributed by atoms with E-state index in [2.05, 4.69) is 26.0 Å². The molecule has 4 heteroatoms. The average molecular weight is 537 g/mol. The first kappa shape index (κ1) is 36.7. The molecule has 0 aliphatic carbocycles. The molecule has 0 aromatic carbocycles. The van der Waals surface area contributed by atoms with Gasteiger partial charge in [0.05, 0.1) is 0 Å². The topological polar surface area (TPSA) is 63.6 Å². The Morgan fingerprint density at radius 1 is 0.553 bits per heavy atom. The van der Waals surface area contributed by atoms with Crippen molar-refractivity contribution in [1.82, 2.24) is 0 Å². The molecule has 0 spiro atoms. The van der Waals surface area contributed by atoms with Crippen molar-refractivity contribution < 1.29 is 19.4 Å². The molecule has 1 unspecified atom stereocenters. The minimum atomic E-state index is -0.702. The number of hydrogen-bond acceptors (Lipinski definition) is 3. The maximum atomic E-state index is 12.5. The molecule has 0 fully saturated rings. The van der Waals surface area contributed by atoms with Gasteiger partial charge >= 0.3 is 11.9 Å². The second-order valence-electron chi connectivity index (χ2n) is 11.3. The van der Waals surface area contributed by atoms with Gasteiger partial charge in [-0.2, -0.15) is 0 Å². The molecule has 0 aliphatic heterocycles. The highest BCUT2D eigenvalue weighted by Crippen LogP contribution is 2.18. The van der Waals surface area contributed by atoms with E-state index in [1.165, 1.54) is 96.3 Å². The summed E-state index contributed by atoms with van der Waals surface area (Å²) in [5.74, 6) is -0.710. The fourth-order valence-corrected chi connectivity index (χ4v) is 5.00. The van der Waals surface area contributed by atoms with Crippen molar-refractivity contribution >= 4 is 11.9 Å². The molecule has 4 nitrogen and oxygen atoms in total. The van der Waals surface area contributed by atoms with Crippen LogP contribution in [0.1, 0.15) is 187 Å². The Balaban J connectivity index is 3.99.